The summed E-state index contributed by atoms with van der Waals surface area (Å²) in [5.74, 6) is 1.85. The first-order chi connectivity index (χ1) is 12.4. The van der Waals surface area contributed by atoms with Crippen LogP contribution in [-0.2, 0) is 0 Å². The van der Waals surface area contributed by atoms with Crippen LogP contribution in [0.2, 0.25) is 0 Å². The van der Waals surface area contributed by atoms with Gasteiger partial charge in [-0.3, -0.25) is 15.4 Å². The maximum Gasteiger partial charge on any atom is 0.128 e. The minimum Gasteiger partial charge on any atom is -0.368 e. The fourth-order valence-electron chi connectivity index (χ4n) is 2.77. The summed E-state index contributed by atoms with van der Waals surface area (Å²) in [5.41, 5.74) is 6.70. The molecule has 2 aromatic rings. The lowest BCUT2D eigenvalue weighted by molar-refractivity contribution is 0.960. The second kappa shape index (κ2) is 8.44. The van der Waals surface area contributed by atoms with Crippen LogP contribution in [0, 0.1) is 0 Å². The quantitative estimate of drug-likeness (QED) is 0.559. The van der Waals surface area contributed by atoms with Crippen molar-refractivity contribution in [2.45, 2.75) is 0 Å². The van der Waals surface area contributed by atoms with E-state index in [-0.39, 0.29) is 12.4 Å². The second-order valence-electron chi connectivity index (χ2n) is 5.76. The number of benzene rings is 2. The van der Waals surface area contributed by atoms with E-state index in [0.29, 0.717) is 0 Å². The predicted octanol–water partition coefficient (Wildman–Crippen LogP) is 2.92. The molecule has 134 valence electrons. The summed E-state index contributed by atoms with van der Waals surface area (Å²) >= 11 is 0. The lowest BCUT2D eigenvalue weighted by Crippen LogP contribution is -2.19. The van der Waals surface area contributed by atoms with E-state index in [0.717, 1.165) is 60.4 Å². The molecule has 2 aliphatic rings. The molecular weight excluding hydrogens is 350 g/mol. The maximum atomic E-state index is 4.43. The highest BCUT2D eigenvalue weighted by molar-refractivity contribution is 6.00. The third kappa shape index (κ3) is 4.18. The topological polar surface area (TPSA) is 85.5 Å². The van der Waals surface area contributed by atoms with E-state index in [1.165, 1.54) is 0 Å². The Bertz CT molecular complexity index is 860. The van der Waals surface area contributed by atoms with E-state index in [2.05, 4.69) is 36.4 Å². The average Bonchev–Trinajstić information content (AvgIpc) is 3.36. The SMILES string of the molecule is Cl.c1cc(N=NNc2cccc(C3=NCCN3)c2)cc(C2=NCCN2)c1. The molecule has 0 radical (unpaired) electrons. The molecule has 0 aliphatic carbocycles. The molecular formula is C18H20ClN7. The molecule has 2 heterocycles. The normalized spacial score (nSPS) is 15.7. The number of rotatable bonds is 5. The van der Waals surface area contributed by atoms with Crippen molar-refractivity contribution in [3.8, 4) is 0 Å². The van der Waals surface area contributed by atoms with Gasteiger partial charge in [-0.1, -0.05) is 29.5 Å². The lowest BCUT2D eigenvalue weighted by Gasteiger charge is -2.05. The fourth-order valence-corrected chi connectivity index (χ4v) is 2.77. The van der Waals surface area contributed by atoms with E-state index in [9.17, 15) is 0 Å². The highest BCUT2D eigenvalue weighted by Crippen LogP contribution is 2.17. The Morgan fingerprint density at radius 2 is 1.50 bits per heavy atom. The molecule has 0 spiro atoms. The number of hydrogen-bond acceptors (Lipinski definition) is 6. The largest absolute Gasteiger partial charge is 0.368 e. The predicted molar refractivity (Wildman–Crippen MR) is 107 cm³/mol. The third-order valence-electron chi connectivity index (χ3n) is 3.95. The van der Waals surface area contributed by atoms with Gasteiger partial charge in [0.25, 0.3) is 0 Å². The van der Waals surface area contributed by atoms with Crippen molar-refractivity contribution in [1.29, 1.82) is 0 Å². The molecule has 2 aromatic carbocycles. The molecule has 0 saturated carbocycles. The first-order valence-electron chi connectivity index (χ1n) is 8.33. The van der Waals surface area contributed by atoms with Crippen LogP contribution in [0.25, 0.3) is 0 Å². The molecule has 2 aliphatic heterocycles. The average molecular weight is 370 g/mol. The molecule has 0 atom stereocenters. The van der Waals surface area contributed by atoms with Gasteiger partial charge in [-0.15, -0.1) is 17.5 Å². The number of hydrogen-bond donors (Lipinski definition) is 3. The highest BCUT2D eigenvalue weighted by Gasteiger charge is 2.09. The molecule has 0 aromatic heterocycles. The lowest BCUT2D eigenvalue weighted by atomic mass is 10.2. The Balaban J connectivity index is 0.00000196. The standard InChI is InChI=1S/C18H19N7.ClH/c1-3-13(17-19-7-8-20-17)11-15(5-1)23-25-24-16-6-2-4-14(12-16)18-21-9-10-22-18;/h1-6,11-12H,7-10H2,(H,19,20)(H,21,22)(H,23,24);1H. The van der Waals surface area contributed by atoms with Gasteiger partial charge in [0.15, 0.2) is 0 Å². The van der Waals surface area contributed by atoms with Gasteiger partial charge in [0.1, 0.15) is 11.7 Å². The molecule has 8 heteroatoms. The summed E-state index contributed by atoms with van der Waals surface area (Å²) in [6.45, 7) is 3.42. The van der Waals surface area contributed by atoms with Crippen molar-refractivity contribution in [2.24, 2.45) is 20.3 Å². The van der Waals surface area contributed by atoms with Crippen molar-refractivity contribution in [2.75, 3.05) is 31.6 Å². The second-order valence-corrected chi connectivity index (χ2v) is 5.76. The minimum absolute atomic E-state index is 0. The van der Waals surface area contributed by atoms with Crippen molar-refractivity contribution in [3.63, 3.8) is 0 Å². The first-order valence-corrected chi connectivity index (χ1v) is 8.33. The zero-order valence-corrected chi connectivity index (χ0v) is 15.0. The Morgan fingerprint density at radius 1 is 0.846 bits per heavy atom. The molecule has 0 saturated heterocycles. The summed E-state index contributed by atoms with van der Waals surface area (Å²) < 4.78 is 0. The van der Waals surface area contributed by atoms with E-state index in [4.69, 9.17) is 0 Å². The number of nitrogens with zero attached hydrogens (tertiary/aromatic N) is 4. The van der Waals surface area contributed by atoms with Gasteiger partial charge < -0.3 is 10.6 Å². The van der Waals surface area contributed by atoms with Gasteiger partial charge in [0.2, 0.25) is 0 Å². The van der Waals surface area contributed by atoms with Gasteiger partial charge in [-0.25, -0.2) is 0 Å². The van der Waals surface area contributed by atoms with Crippen LogP contribution in [0.15, 0.2) is 68.9 Å². The third-order valence-corrected chi connectivity index (χ3v) is 3.95. The van der Waals surface area contributed by atoms with E-state index in [1.54, 1.807) is 0 Å². The molecule has 0 amide bonds. The van der Waals surface area contributed by atoms with Crippen LogP contribution >= 0.6 is 12.4 Å². The summed E-state index contributed by atoms with van der Waals surface area (Å²) in [4.78, 5) is 8.85. The summed E-state index contributed by atoms with van der Waals surface area (Å²) in [5, 5.41) is 14.9. The van der Waals surface area contributed by atoms with Crippen molar-refractivity contribution >= 4 is 35.5 Å². The summed E-state index contributed by atoms with van der Waals surface area (Å²) in [6, 6.07) is 15.8. The number of aliphatic imine (C=N–C) groups is 2. The van der Waals surface area contributed by atoms with Crippen LogP contribution in [0.1, 0.15) is 11.1 Å². The van der Waals surface area contributed by atoms with Crippen LogP contribution < -0.4 is 16.1 Å². The molecule has 3 N–H and O–H groups in total. The number of halogens is 1. The van der Waals surface area contributed by atoms with Gasteiger partial charge in [-0.2, -0.15) is 0 Å². The Kier molecular flexibility index (Phi) is 5.80. The van der Waals surface area contributed by atoms with E-state index in [1.807, 2.05) is 48.5 Å². The van der Waals surface area contributed by atoms with E-state index < -0.39 is 0 Å². The van der Waals surface area contributed by atoms with Crippen LogP contribution in [0.4, 0.5) is 11.4 Å². The molecule has 4 rings (SSSR count). The number of anilines is 1. The van der Waals surface area contributed by atoms with Crippen LogP contribution in [-0.4, -0.2) is 37.9 Å². The molecule has 0 unspecified atom stereocenters. The van der Waals surface area contributed by atoms with Gasteiger partial charge in [-0.05, 0) is 24.3 Å². The van der Waals surface area contributed by atoms with Gasteiger partial charge in [0.05, 0.1) is 24.5 Å². The monoisotopic (exact) mass is 369 g/mol. The minimum atomic E-state index is 0. The van der Waals surface area contributed by atoms with Gasteiger partial charge in [0, 0.05) is 24.2 Å². The van der Waals surface area contributed by atoms with Crippen molar-refractivity contribution in [3.05, 3.63) is 59.7 Å². The van der Waals surface area contributed by atoms with Crippen LogP contribution in [0.5, 0.6) is 0 Å². The molecule has 0 bridgehead atoms. The zero-order valence-electron chi connectivity index (χ0n) is 14.1. The zero-order chi connectivity index (χ0) is 16.9. The Hall–Kier alpha value is -2.93. The van der Waals surface area contributed by atoms with Gasteiger partial charge >= 0.3 is 0 Å². The number of amidine groups is 2. The van der Waals surface area contributed by atoms with Crippen molar-refractivity contribution in [1.82, 2.24) is 10.6 Å². The van der Waals surface area contributed by atoms with Crippen LogP contribution in [0.3, 0.4) is 0 Å². The fraction of sp³-hybridized carbons (Fsp3) is 0.222. The Labute approximate surface area is 158 Å². The molecule has 0 fully saturated rings. The highest BCUT2D eigenvalue weighted by atomic mass is 35.5. The molecule has 7 nitrogen and oxygen atoms in total. The van der Waals surface area contributed by atoms with E-state index >= 15 is 0 Å². The maximum absolute atomic E-state index is 4.43. The smallest absolute Gasteiger partial charge is 0.128 e. The number of nitrogens with one attached hydrogen (secondary N) is 3. The summed E-state index contributed by atoms with van der Waals surface area (Å²) in [6.07, 6.45) is 0. The Morgan fingerprint density at radius 3 is 2.15 bits per heavy atom. The first kappa shape index (κ1) is 17.9. The summed E-state index contributed by atoms with van der Waals surface area (Å²) in [7, 11) is 0. The molecule has 26 heavy (non-hydrogen) atoms. The van der Waals surface area contributed by atoms with Crippen molar-refractivity contribution < 1.29 is 0 Å².